The normalized spacial score (nSPS) is 14.4. The Hall–Kier alpha value is -3.03. The number of carbonyl (C=O) groups is 1. The third-order valence-electron chi connectivity index (χ3n) is 5.68. The van der Waals surface area contributed by atoms with Gasteiger partial charge in [-0.1, -0.05) is 18.2 Å². The molecular formula is C24H25N5OS. The Labute approximate surface area is 185 Å². The summed E-state index contributed by atoms with van der Waals surface area (Å²) in [4.78, 5) is 21.4. The van der Waals surface area contributed by atoms with Crippen LogP contribution in [0.2, 0.25) is 0 Å². The molecule has 0 bridgehead atoms. The summed E-state index contributed by atoms with van der Waals surface area (Å²) in [5, 5.41) is 10.4. The van der Waals surface area contributed by atoms with Crippen LogP contribution in [0.25, 0.3) is 11.0 Å². The molecule has 3 aromatic heterocycles. The molecule has 1 aromatic carbocycles. The Bertz CT molecular complexity index is 1190. The van der Waals surface area contributed by atoms with Gasteiger partial charge >= 0.3 is 0 Å². The van der Waals surface area contributed by atoms with E-state index < -0.39 is 0 Å². The zero-order chi connectivity index (χ0) is 21.2. The molecule has 7 heteroatoms. The number of fused-ring (bicyclic) bond motifs is 1. The topological polar surface area (TPSA) is 63.1 Å². The van der Waals surface area contributed by atoms with Crippen LogP contribution < -0.4 is 5.32 Å². The Morgan fingerprint density at radius 1 is 1.13 bits per heavy atom. The molecule has 4 heterocycles. The molecule has 158 valence electrons. The van der Waals surface area contributed by atoms with Crippen LogP contribution in [0, 0.1) is 6.92 Å². The summed E-state index contributed by atoms with van der Waals surface area (Å²) in [6, 6.07) is 14.1. The van der Waals surface area contributed by atoms with E-state index in [4.69, 9.17) is 0 Å². The number of nitrogens with one attached hydrogen (secondary N) is 1. The molecule has 0 radical (unpaired) electrons. The van der Waals surface area contributed by atoms with Crippen LogP contribution in [-0.2, 0) is 13.1 Å². The number of carbonyl (C=O) groups excluding carboxylic acids is 1. The molecule has 1 aliphatic rings. The number of amides is 1. The number of aromatic nitrogens is 3. The lowest BCUT2D eigenvalue weighted by Crippen LogP contribution is -2.18. The highest BCUT2D eigenvalue weighted by molar-refractivity contribution is 7.09. The minimum Gasteiger partial charge on any atom is -0.322 e. The molecule has 5 rings (SSSR count). The fourth-order valence-electron chi connectivity index (χ4n) is 4.12. The molecule has 0 spiro atoms. The van der Waals surface area contributed by atoms with Crippen molar-refractivity contribution in [3.8, 4) is 0 Å². The van der Waals surface area contributed by atoms with E-state index in [1.807, 2.05) is 35.9 Å². The first-order chi connectivity index (χ1) is 15.2. The summed E-state index contributed by atoms with van der Waals surface area (Å²) in [5.41, 5.74) is 4.20. The van der Waals surface area contributed by atoms with Gasteiger partial charge in [0.25, 0.3) is 5.91 Å². The number of hydrogen-bond donors (Lipinski definition) is 1. The molecule has 4 aromatic rings. The third-order valence-corrected chi connectivity index (χ3v) is 6.55. The van der Waals surface area contributed by atoms with Crippen LogP contribution in [0.4, 0.5) is 5.69 Å². The number of nitrogens with zero attached hydrogens (tertiary/aromatic N) is 4. The standard InChI is InChI=1S/C24H25N5OS/c1-17-13-21(22-14-25-29(23(22)26-17)16-20-5-4-12-31-20)24(30)27-19-8-6-18(7-9-19)15-28-10-2-3-11-28/h4-9,12-14H,2-3,10-11,15-16H2,1H3,(H,27,30). The highest BCUT2D eigenvalue weighted by Gasteiger charge is 2.17. The van der Waals surface area contributed by atoms with E-state index in [9.17, 15) is 4.79 Å². The van der Waals surface area contributed by atoms with Crippen LogP contribution in [0.5, 0.6) is 0 Å². The first-order valence-corrected chi connectivity index (χ1v) is 11.5. The number of pyridine rings is 1. The molecule has 1 fully saturated rings. The fraction of sp³-hybridized carbons (Fsp3) is 0.292. The summed E-state index contributed by atoms with van der Waals surface area (Å²) in [6.07, 6.45) is 4.32. The molecule has 1 N–H and O–H groups in total. The Balaban J connectivity index is 1.35. The highest BCUT2D eigenvalue weighted by atomic mass is 32.1. The lowest BCUT2D eigenvalue weighted by molar-refractivity contribution is 0.102. The molecule has 6 nitrogen and oxygen atoms in total. The van der Waals surface area contributed by atoms with Gasteiger partial charge in [-0.3, -0.25) is 9.69 Å². The van der Waals surface area contributed by atoms with Gasteiger partial charge in [-0.2, -0.15) is 5.10 Å². The monoisotopic (exact) mass is 431 g/mol. The van der Waals surface area contributed by atoms with Crippen LogP contribution in [0.15, 0.2) is 54.0 Å². The lowest BCUT2D eigenvalue weighted by atomic mass is 10.1. The van der Waals surface area contributed by atoms with Gasteiger partial charge in [0.15, 0.2) is 5.65 Å². The second-order valence-corrected chi connectivity index (χ2v) is 9.10. The van der Waals surface area contributed by atoms with Crippen LogP contribution in [-0.4, -0.2) is 38.7 Å². The average Bonchev–Trinajstić information content (AvgIpc) is 3.53. The van der Waals surface area contributed by atoms with Crippen molar-refractivity contribution >= 4 is 34.0 Å². The number of aryl methyl sites for hydroxylation is 1. The minimum atomic E-state index is -0.140. The number of rotatable bonds is 6. The molecule has 0 aliphatic carbocycles. The van der Waals surface area contributed by atoms with Gasteiger partial charge in [-0.25, -0.2) is 9.67 Å². The lowest BCUT2D eigenvalue weighted by Gasteiger charge is -2.15. The zero-order valence-corrected chi connectivity index (χ0v) is 18.4. The number of hydrogen-bond acceptors (Lipinski definition) is 5. The molecule has 1 saturated heterocycles. The van der Waals surface area contributed by atoms with Crippen molar-refractivity contribution in [3.05, 3.63) is 75.7 Å². The van der Waals surface area contributed by atoms with Crippen molar-refractivity contribution in [2.75, 3.05) is 18.4 Å². The van der Waals surface area contributed by atoms with Crippen LogP contribution >= 0.6 is 11.3 Å². The van der Waals surface area contributed by atoms with Crippen molar-refractivity contribution in [1.29, 1.82) is 0 Å². The van der Waals surface area contributed by atoms with E-state index in [0.29, 0.717) is 12.1 Å². The summed E-state index contributed by atoms with van der Waals surface area (Å²) < 4.78 is 1.86. The highest BCUT2D eigenvalue weighted by Crippen LogP contribution is 2.22. The largest absolute Gasteiger partial charge is 0.322 e. The molecule has 31 heavy (non-hydrogen) atoms. The molecule has 0 saturated carbocycles. The average molecular weight is 432 g/mol. The van der Waals surface area contributed by atoms with E-state index in [2.05, 4.69) is 43.9 Å². The van der Waals surface area contributed by atoms with Crippen LogP contribution in [0.3, 0.4) is 0 Å². The van der Waals surface area contributed by atoms with E-state index in [0.717, 1.165) is 29.0 Å². The summed E-state index contributed by atoms with van der Waals surface area (Å²) in [6.45, 7) is 5.89. The second kappa shape index (κ2) is 8.61. The predicted molar refractivity (Wildman–Crippen MR) is 125 cm³/mol. The summed E-state index contributed by atoms with van der Waals surface area (Å²) in [5.74, 6) is -0.140. The molecule has 1 amide bonds. The maximum Gasteiger partial charge on any atom is 0.256 e. The van der Waals surface area contributed by atoms with Crippen molar-refractivity contribution in [2.45, 2.75) is 32.9 Å². The predicted octanol–water partition coefficient (Wildman–Crippen LogP) is 4.70. The molecule has 0 unspecified atom stereocenters. The first-order valence-electron chi connectivity index (χ1n) is 10.6. The van der Waals surface area contributed by atoms with E-state index in [1.54, 1.807) is 17.5 Å². The van der Waals surface area contributed by atoms with Gasteiger partial charge in [0.1, 0.15) is 0 Å². The van der Waals surface area contributed by atoms with E-state index >= 15 is 0 Å². The number of benzene rings is 1. The molecule has 0 atom stereocenters. The third kappa shape index (κ3) is 4.38. The van der Waals surface area contributed by atoms with Gasteiger partial charge < -0.3 is 5.32 Å². The van der Waals surface area contributed by atoms with Crippen molar-refractivity contribution in [3.63, 3.8) is 0 Å². The SMILES string of the molecule is Cc1cc(C(=O)Nc2ccc(CN3CCCC3)cc2)c2cnn(Cc3cccs3)c2n1. The van der Waals surface area contributed by atoms with Gasteiger partial charge in [0, 0.05) is 22.8 Å². The number of thiophene rings is 1. The number of anilines is 1. The summed E-state index contributed by atoms with van der Waals surface area (Å²) in [7, 11) is 0. The van der Waals surface area contributed by atoms with E-state index in [-0.39, 0.29) is 5.91 Å². The maximum atomic E-state index is 13.1. The quantitative estimate of drug-likeness (QED) is 0.481. The van der Waals surface area contributed by atoms with Crippen LogP contribution in [0.1, 0.15) is 39.3 Å². The van der Waals surface area contributed by atoms with Gasteiger partial charge in [0.2, 0.25) is 0 Å². The van der Waals surface area contributed by atoms with E-state index in [1.165, 1.54) is 36.4 Å². The number of likely N-dealkylation sites (tertiary alicyclic amines) is 1. The van der Waals surface area contributed by atoms with Crippen molar-refractivity contribution in [1.82, 2.24) is 19.7 Å². The Morgan fingerprint density at radius 3 is 2.68 bits per heavy atom. The smallest absolute Gasteiger partial charge is 0.256 e. The van der Waals surface area contributed by atoms with Gasteiger partial charge in [0.05, 0.1) is 23.7 Å². The summed E-state index contributed by atoms with van der Waals surface area (Å²) >= 11 is 1.69. The fourth-order valence-corrected chi connectivity index (χ4v) is 4.80. The Kier molecular flexibility index (Phi) is 5.53. The van der Waals surface area contributed by atoms with Crippen molar-refractivity contribution in [2.24, 2.45) is 0 Å². The molecule has 1 aliphatic heterocycles. The maximum absolute atomic E-state index is 13.1. The zero-order valence-electron chi connectivity index (χ0n) is 17.5. The second-order valence-electron chi connectivity index (χ2n) is 8.06. The molecular weight excluding hydrogens is 406 g/mol. The van der Waals surface area contributed by atoms with Gasteiger partial charge in [-0.15, -0.1) is 11.3 Å². The van der Waals surface area contributed by atoms with Gasteiger partial charge in [-0.05, 0) is 68.1 Å². The minimum absolute atomic E-state index is 0.140. The Morgan fingerprint density at radius 2 is 1.94 bits per heavy atom. The first kappa shape index (κ1) is 19.9. The van der Waals surface area contributed by atoms with Crippen molar-refractivity contribution < 1.29 is 4.79 Å².